The van der Waals surface area contributed by atoms with Gasteiger partial charge in [-0.2, -0.15) is 0 Å². The van der Waals surface area contributed by atoms with Crippen molar-refractivity contribution in [2.45, 2.75) is 39.3 Å². The van der Waals surface area contributed by atoms with Gasteiger partial charge < -0.3 is 20.4 Å². The zero-order valence-corrected chi connectivity index (χ0v) is 13.4. The largest absolute Gasteiger partial charge is 0.363 e. The molecule has 0 amide bonds. The van der Waals surface area contributed by atoms with Gasteiger partial charge in [-0.05, 0) is 17.0 Å². The van der Waals surface area contributed by atoms with Crippen molar-refractivity contribution in [1.82, 2.24) is 9.97 Å². The number of aliphatic hydroxyl groups is 4. The van der Waals surface area contributed by atoms with Gasteiger partial charge in [0.1, 0.15) is 17.2 Å². The van der Waals surface area contributed by atoms with Crippen molar-refractivity contribution in [3.05, 3.63) is 59.2 Å². The molecule has 1 heterocycles. The highest BCUT2D eigenvalue weighted by molar-refractivity contribution is 5.29. The van der Waals surface area contributed by atoms with Crippen LogP contribution < -0.4 is 0 Å². The molecular formula is C17H22N2O4. The average molecular weight is 318 g/mol. The maximum atomic E-state index is 9.41. The van der Waals surface area contributed by atoms with E-state index in [0.29, 0.717) is 5.82 Å². The van der Waals surface area contributed by atoms with Crippen LogP contribution in [0.5, 0.6) is 0 Å². The van der Waals surface area contributed by atoms with Gasteiger partial charge in [-0.1, -0.05) is 51.1 Å². The van der Waals surface area contributed by atoms with Gasteiger partial charge in [0.25, 0.3) is 0 Å². The van der Waals surface area contributed by atoms with Gasteiger partial charge >= 0.3 is 0 Å². The van der Waals surface area contributed by atoms with Crippen molar-refractivity contribution in [2.75, 3.05) is 0 Å². The Labute approximate surface area is 135 Å². The Balaban J connectivity index is 2.63. The summed E-state index contributed by atoms with van der Waals surface area (Å²) in [5.41, 5.74) is 0.562. The molecule has 1 aromatic carbocycles. The molecule has 1 atom stereocenters. The fraction of sp³-hybridized carbons (Fsp3) is 0.412. The predicted molar refractivity (Wildman–Crippen MR) is 84.1 cm³/mol. The number of rotatable bonds is 4. The average Bonchev–Trinajstić information content (AvgIpc) is 2.46. The van der Waals surface area contributed by atoms with Gasteiger partial charge in [0.15, 0.2) is 12.6 Å². The molecule has 0 aliphatic heterocycles. The van der Waals surface area contributed by atoms with Crippen LogP contribution in [0.15, 0.2) is 36.4 Å². The first-order valence-corrected chi connectivity index (χ1v) is 7.36. The van der Waals surface area contributed by atoms with Crippen LogP contribution in [-0.4, -0.2) is 30.4 Å². The van der Waals surface area contributed by atoms with Crippen LogP contribution in [0.1, 0.15) is 62.0 Å². The Morgan fingerprint density at radius 1 is 0.826 bits per heavy atom. The third kappa shape index (κ3) is 4.11. The fourth-order valence-electron chi connectivity index (χ4n) is 2.58. The van der Waals surface area contributed by atoms with Gasteiger partial charge in [-0.25, -0.2) is 9.97 Å². The molecule has 1 aromatic heterocycles. The minimum Gasteiger partial charge on any atom is -0.363 e. The van der Waals surface area contributed by atoms with Crippen molar-refractivity contribution in [2.24, 2.45) is 5.41 Å². The third-order valence-corrected chi connectivity index (χ3v) is 3.57. The van der Waals surface area contributed by atoms with Gasteiger partial charge in [0.05, 0.1) is 0 Å². The Hall–Kier alpha value is -1.86. The van der Waals surface area contributed by atoms with E-state index in [0.717, 1.165) is 5.56 Å². The SMILES string of the molecule is CC(C)(C)C(c1ccccc1)c1nc(C(O)O)cc(C(O)O)n1. The van der Waals surface area contributed by atoms with Crippen molar-refractivity contribution in [3.8, 4) is 0 Å². The molecule has 2 rings (SSSR count). The predicted octanol–water partition coefficient (Wildman–Crippen LogP) is 1.62. The number of nitrogens with zero attached hydrogens (tertiary/aromatic N) is 2. The topological polar surface area (TPSA) is 107 Å². The standard InChI is InChI=1S/C17H22N2O4/c1-17(2,3)13(10-7-5-4-6-8-10)14-18-11(15(20)21)9-12(19-14)16(22)23/h4-9,13,15-16,20-23H,1-3H3. The molecule has 0 radical (unpaired) electrons. The molecule has 0 aliphatic carbocycles. The van der Waals surface area contributed by atoms with Crippen molar-refractivity contribution < 1.29 is 20.4 Å². The summed E-state index contributed by atoms with van der Waals surface area (Å²) in [5, 5.41) is 37.6. The normalized spacial score (nSPS) is 13.6. The van der Waals surface area contributed by atoms with Crippen LogP contribution in [0, 0.1) is 5.41 Å². The lowest BCUT2D eigenvalue weighted by atomic mass is 9.76. The molecule has 6 nitrogen and oxygen atoms in total. The molecule has 0 fully saturated rings. The fourth-order valence-corrected chi connectivity index (χ4v) is 2.58. The van der Waals surface area contributed by atoms with Crippen LogP contribution in [0.3, 0.4) is 0 Å². The minimum absolute atomic E-state index is 0.0664. The zero-order chi connectivity index (χ0) is 17.2. The second-order valence-corrected chi connectivity index (χ2v) is 6.53. The highest BCUT2D eigenvalue weighted by Crippen LogP contribution is 2.39. The van der Waals surface area contributed by atoms with Crippen LogP contribution in [0.2, 0.25) is 0 Å². The Morgan fingerprint density at radius 3 is 1.70 bits per heavy atom. The molecular weight excluding hydrogens is 296 g/mol. The number of hydrogen-bond donors (Lipinski definition) is 4. The van der Waals surface area contributed by atoms with Crippen molar-refractivity contribution in [1.29, 1.82) is 0 Å². The quantitative estimate of drug-likeness (QED) is 0.638. The van der Waals surface area contributed by atoms with E-state index in [4.69, 9.17) is 0 Å². The van der Waals surface area contributed by atoms with E-state index in [-0.39, 0.29) is 22.7 Å². The molecule has 2 aromatic rings. The van der Waals surface area contributed by atoms with E-state index in [9.17, 15) is 20.4 Å². The molecule has 0 spiro atoms. The van der Waals surface area contributed by atoms with E-state index in [1.165, 1.54) is 6.07 Å². The van der Waals surface area contributed by atoms with Crippen LogP contribution in [-0.2, 0) is 0 Å². The van der Waals surface area contributed by atoms with Gasteiger partial charge in [0, 0.05) is 5.92 Å². The Kier molecular flexibility index (Phi) is 5.11. The van der Waals surface area contributed by atoms with E-state index in [2.05, 4.69) is 9.97 Å². The van der Waals surface area contributed by atoms with Gasteiger partial charge in [0.2, 0.25) is 0 Å². The maximum Gasteiger partial charge on any atom is 0.196 e. The van der Waals surface area contributed by atoms with E-state index < -0.39 is 12.6 Å². The molecule has 0 bridgehead atoms. The molecule has 0 saturated carbocycles. The maximum absolute atomic E-state index is 9.41. The highest BCUT2D eigenvalue weighted by atomic mass is 16.5. The van der Waals surface area contributed by atoms with E-state index >= 15 is 0 Å². The molecule has 0 aliphatic rings. The molecule has 23 heavy (non-hydrogen) atoms. The van der Waals surface area contributed by atoms with E-state index in [1.807, 2.05) is 51.1 Å². The summed E-state index contributed by atoms with van der Waals surface area (Å²) in [6.07, 6.45) is -3.63. The smallest absolute Gasteiger partial charge is 0.196 e. The third-order valence-electron chi connectivity index (χ3n) is 3.57. The lowest BCUT2D eigenvalue weighted by molar-refractivity contribution is -0.0523. The molecule has 124 valence electrons. The summed E-state index contributed by atoms with van der Waals surface area (Å²) in [7, 11) is 0. The number of hydrogen-bond acceptors (Lipinski definition) is 6. The number of aliphatic hydroxyl groups excluding tert-OH is 2. The second-order valence-electron chi connectivity index (χ2n) is 6.53. The Morgan fingerprint density at radius 2 is 1.30 bits per heavy atom. The van der Waals surface area contributed by atoms with Gasteiger partial charge in [-0.15, -0.1) is 0 Å². The summed E-state index contributed by atoms with van der Waals surface area (Å²) in [5.74, 6) is 0.0669. The first-order chi connectivity index (χ1) is 10.7. The minimum atomic E-state index is -1.81. The highest BCUT2D eigenvalue weighted by Gasteiger charge is 2.31. The van der Waals surface area contributed by atoms with Gasteiger partial charge in [-0.3, -0.25) is 0 Å². The van der Waals surface area contributed by atoms with Crippen molar-refractivity contribution >= 4 is 0 Å². The first-order valence-electron chi connectivity index (χ1n) is 7.36. The molecule has 1 unspecified atom stereocenters. The molecule has 4 N–H and O–H groups in total. The van der Waals surface area contributed by atoms with Crippen LogP contribution in [0.25, 0.3) is 0 Å². The number of aromatic nitrogens is 2. The Bertz CT molecular complexity index is 625. The molecule has 6 heteroatoms. The lowest BCUT2D eigenvalue weighted by Gasteiger charge is -2.30. The summed E-state index contributed by atoms with van der Waals surface area (Å²) >= 11 is 0. The molecule has 0 saturated heterocycles. The summed E-state index contributed by atoms with van der Waals surface area (Å²) < 4.78 is 0. The van der Waals surface area contributed by atoms with Crippen LogP contribution in [0.4, 0.5) is 0 Å². The van der Waals surface area contributed by atoms with E-state index in [1.54, 1.807) is 0 Å². The first kappa shape index (κ1) is 17.5. The summed E-state index contributed by atoms with van der Waals surface area (Å²) in [4.78, 5) is 8.45. The zero-order valence-electron chi connectivity index (χ0n) is 13.4. The van der Waals surface area contributed by atoms with Crippen LogP contribution >= 0.6 is 0 Å². The lowest BCUT2D eigenvalue weighted by Crippen LogP contribution is -2.23. The second kappa shape index (κ2) is 6.72. The van der Waals surface area contributed by atoms with Crippen molar-refractivity contribution in [3.63, 3.8) is 0 Å². The monoisotopic (exact) mass is 318 g/mol. The number of benzene rings is 1. The summed E-state index contributed by atoms with van der Waals surface area (Å²) in [6.45, 7) is 6.06. The summed E-state index contributed by atoms with van der Waals surface area (Å²) in [6, 6.07) is 10.8.